The second kappa shape index (κ2) is 5.82. The molecule has 0 aromatic heterocycles. The molecule has 3 nitrogen and oxygen atoms in total. The number of esters is 1. The smallest absolute Gasteiger partial charge is 0.338 e. The van der Waals surface area contributed by atoms with E-state index in [1.165, 1.54) is 6.92 Å². The highest BCUT2D eigenvalue weighted by Gasteiger charge is 2.40. The molecule has 1 rings (SSSR count). The number of hydrogen-bond acceptors (Lipinski definition) is 3. The maximum atomic E-state index is 11.8. The Bertz CT molecular complexity index is 357. The lowest BCUT2D eigenvalue weighted by Crippen LogP contribution is -2.42. The van der Waals surface area contributed by atoms with Gasteiger partial charge in [0.05, 0.1) is 6.61 Å². The molecule has 0 saturated heterocycles. The zero-order valence-corrected chi connectivity index (χ0v) is 10.6. The highest BCUT2D eigenvalue weighted by Crippen LogP contribution is 2.32. The Morgan fingerprint density at radius 3 is 2.41 bits per heavy atom. The van der Waals surface area contributed by atoms with Gasteiger partial charge in [0.1, 0.15) is 0 Å². The molecule has 0 saturated carbocycles. The van der Waals surface area contributed by atoms with Gasteiger partial charge in [-0.2, -0.15) is 0 Å². The monoisotopic (exact) mass is 236 g/mol. The van der Waals surface area contributed by atoms with Gasteiger partial charge < -0.3 is 9.84 Å². The Morgan fingerprint density at radius 2 is 1.94 bits per heavy atom. The maximum absolute atomic E-state index is 11.8. The summed E-state index contributed by atoms with van der Waals surface area (Å²) < 4.78 is 4.92. The zero-order chi connectivity index (χ0) is 12.9. The molecule has 0 amide bonds. The number of carbonyl (C=O) groups excluding carboxylic acids is 1. The highest BCUT2D eigenvalue weighted by molar-refractivity contribution is 5.80. The van der Waals surface area contributed by atoms with Crippen LogP contribution >= 0.6 is 0 Å². The summed E-state index contributed by atoms with van der Waals surface area (Å²) in [5.74, 6) is -0.807. The number of rotatable bonds is 5. The zero-order valence-electron chi connectivity index (χ0n) is 10.6. The Labute approximate surface area is 102 Å². The lowest BCUT2D eigenvalue weighted by molar-refractivity contribution is -0.165. The van der Waals surface area contributed by atoms with Gasteiger partial charge in [-0.1, -0.05) is 37.3 Å². The molecule has 3 heteroatoms. The van der Waals surface area contributed by atoms with E-state index in [9.17, 15) is 9.90 Å². The average molecular weight is 236 g/mol. The topological polar surface area (TPSA) is 46.5 Å². The molecule has 0 spiro atoms. The van der Waals surface area contributed by atoms with E-state index in [4.69, 9.17) is 4.74 Å². The molecular formula is C14H20O3. The Kier molecular flexibility index (Phi) is 4.70. The fourth-order valence-corrected chi connectivity index (χ4v) is 2.06. The summed E-state index contributed by atoms with van der Waals surface area (Å²) in [6.45, 7) is 5.48. The molecule has 94 valence electrons. The van der Waals surface area contributed by atoms with Gasteiger partial charge in [-0.25, -0.2) is 4.79 Å². The van der Waals surface area contributed by atoms with Crippen LogP contribution in [0.2, 0.25) is 0 Å². The van der Waals surface area contributed by atoms with Crippen LogP contribution in [0, 0.1) is 0 Å². The van der Waals surface area contributed by atoms with Crippen LogP contribution < -0.4 is 0 Å². The molecule has 1 aromatic carbocycles. The van der Waals surface area contributed by atoms with Crippen LogP contribution in [0.3, 0.4) is 0 Å². The summed E-state index contributed by atoms with van der Waals surface area (Å²) in [5.41, 5.74) is -0.528. The van der Waals surface area contributed by atoms with Gasteiger partial charge in [0.2, 0.25) is 0 Å². The summed E-state index contributed by atoms with van der Waals surface area (Å²) in [4.78, 5) is 11.8. The molecule has 1 N–H and O–H groups in total. The van der Waals surface area contributed by atoms with Crippen molar-refractivity contribution in [2.24, 2.45) is 0 Å². The van der Waals surface area contributed by atoms with E-state index in [-0.39, 0.29) is 12.5 Å². The third-order valence-corrected chi connectivity index (χ3v) is 2.98. The first-order valence-electron chi connectivity index (χ1n) is 5.98. The van der Waals surface area contributed by atoms with Crippen LogP contribution in [0.25, 0.3) is 0 Å². The number of hydrogen-bond donors (Lipinski definition) is 1. The normalized spacial score (nSPS) is 16.0. The molecule has 0 aliphatic heterocycles. The number of ether oxygens (including phenoxy) is 1. The quantitative estimate of drug-likeness (QED) is 0.799. The predicted octanol–water partition coefficient (Wildman–Crippen LogP) is 2.49. The van der Waals surface area contributed by atoms with Crippen LogP contribution in [-0.2, 0) is 9.53 Å². The van der Waals surface area contributed by atoms with Gasteiger partial charge in [-0.3, -0.25) is 0 Å². The molecule has 2 atom stereocenters. The van der Waals surface area contributed by atoms with Crippen LogP contribution in [-0.4, -0.2) is 23.3 Å². The van der Waals surface area contributed by atoms with Crippen molar-refractivity contribution >= 4 is 5.97 Å². The number of aliphatic hydroxyl groups is 1. The minimum Gasteiger partial charge on any atom is -0.464 e. The molecule has 0 bridgehead atoms. The maximum Gasteiger partial charge on any atom is 0.338 e. The summed E-state index contributed by atoms with van der Waals surface area (Å²) in [6, 6.07) is 9.55. The third kappa shape index (κ3) is 3.07. The molecule has 0 fully saturated rings. The van der Waals surface area contributed by atoms with E-state index < -0.39 is 11.6 Å². The van der Waals surface area contributed by atoms with E-state index in [2.05, 4.69) is 0 Å². The lowest BCUT2D eigenvalue weighted by Gasteiger charge is -2.30. The third-order valence-electron chi connectivity index (χ3n) is 2.98. The van der Waals surface area contributed by atoms with Crippen molar-refractivity contribution < 1.29 is 14.6 Å². The van der Waals surface area contributed by atoms with Crippen molar-refractivity contribution in [2.75, 3.05) is 6.61 Å². The molecule has 2 unspecified atom stereocenters. The summed E-state index contributed by atoms with van der Waals surface area (Å²) in [7, 11) is 0. The van der Waals surface area contributed by atoms with Crippen molar-refractivity contribution in [3.8, 4) is 0 Å². The first kappa shape index (κ1) is 13.7. The Hall–Kier alpha value is -1.35. The van der Waals surface area contributed by atoms with Crippen LogP contribution in [0.5, 0.6) is 0 Å². The fourth-order valence-electron chi connectivity index (χ4n) is 2.06. The van der Waals surface area contributed by atoms with Crippen molar-refractivity contribution in [3.63, 3.8) is 0 Å². The molecular weight excluding hydrogens is 216 g/mol. The van der Waals surface area contributed by atoms with Crippen molar-refractivity contribution in [3.05, 3.63) is 35.9 Å². The molecule has 0 radical (unpaired) electrons. The number of carbonyl (C=O) groups is 1. The molecule has 17 heavy (non-hydrogen) atoms. The Morgan fingerprint density at radius 1 is 1.35 bits per heavy atom. The standard InChI is InChI=1S/C14H20O3/c1-4-12(11-9-7-6-8-10-11)14(3,16)13(15)17-5-2/h6-10,12,16H,4-5H2,1-3H3. The number of benzene rings is 1. The van der Waals surface area contributed by atoms with Crippen molar-refractivity contribution in [1.82, 2.24) is 0 Å². The van der Waals surface area contributed by atoms with Crippen LogP contribution in [0.15, 0.2) is 30.3 Å². The van der Waals surface area contributed by atoms with Crippen molar-refractivity contribution in [1.29, 1.82) is 0 Å². The second-order valence-electron chi connectivity index (χ2n) is 4.24. The molecule has 0 heterocycles. The van der Waals surface area contributed by atoms with E-state index in [0.29, 0.717) is 6.42 Å². The van der Waals surface area contributed by atoms with Gasteiger partial charge in [0, 0.05) is 5.92 Å². The SMILES string of the molecule is CCOC(=O)C(C)(O)C(CC)c1ccccc1. The van der Waals surface area contributed by atoms with Gasteiger partial charge in [0.25, 0.3) is 0 Å². The average Bonchev–Trinajstić information content (AvgIpc) is 2.31. The van der Waals surface area contributed by atoms with Crippen LogP contribution in [0.1, 0.15) is 38.7 Å². The summed E-state index contributed by atoms with van der Waals surface area (Å²) in [6.07, 6.45) is 0.676. The Balaban J connectivity index is 2.97. The van der Waals surface area contributed by atoms with Gasteiger partial charge in [-0.15, -0.1) is 0 Å². The molecule has 1 aromatic rings. The summed E-state index contributed by atoms with van der Waals surface area (Å²) >= 11 is 0. The van der Waals surface area contributed by atoms with Gasteiger partial charge in [0.15, 0.2) is 5.60 Å². The predicted molar refractivity (Wildman–Crippen MR) is 66.7 cm³/mol. The van der Waals surface area contributed by atoms with E-state index in [1.54, 1.807) is 6.92 Å². The van der Waals surface area contributed by atoms with E-state index >= 15 is 0 Å². The van der Waals surface area contributed by atoms with E-state index in [0.717, 1.165) is 5.56 Å². The first-order chi connectivity index (χ1) is 8.04. The van der Waals surface area contributed by atoms with Crippen LogP contribution in [0.4, 0.5) is 0 Å². The largest absolute Gasteiger partial charge is 0.464 e. The lowest BCUT2D eigenvalue weighted by atomic mass is 9.81. The minimum absolute atomic E-state index is 0.247. The minimum atomic E-state index is -1.48. The fraction of sp³-hybridized carbons (Fsp3) is 0.500. The van der Waals surface area contributed by atoms with Gasteiger partial charge in [-0.05, 0) is 25.8 Å². The second-order valence-corrected chi connectivity index (χ2v) is 4.24. The molecule has 0 aliphatic carbocycles. The molecule has 0 aliphatic rings. The van der Waals surface area contributed by atoms with E-state index in [1.807, 2.05) is 37.3 Å². The summed E-state index contributed by atoms with van der Waals surface area (Å²) in [5, 5.41) is 10.4. The van der Waals surface area contributed by atoms with Crippen molar-refractivity contribution in [2.45, 2.75) is 38.7 Å². The highest BCUT2D eigenvalue weighted by atomic mass is 16.5. The van der Waals surface area contributed by atoms with Gasteiger partial charge >= 0.3 is 5.97 Å². The first-order valence-corrected chi connectivity index (χ1v) is 5.98.